The monoisotopic (exact) mass is 206 g/mol. The minimum Gasteiger partial charge on any atom is -0.481 e. The van der Waals surface area contributed by atoms with Crippen LogP contribution in [0.25, 0.3) is 0 Å². The lowest BCUT2D eigenvalue weighted by Gasteiger charge is -2.21. The smallest absolute Gasteiger partial charge is 0.213 e. The van der Waals surface area contributed by atoms with Crippen LogP contribution in [0.3, 0.4) is 0 Å². The van der Waals surface area contributed by atoms with Crippen molar-refractivity contribution in [3.8, 4) is 5.88 Å². The van der Waals surface area contributed by atoms with E-state index in [1.807, 2.05) is 12.3 Å². The first-order chi connectivity index (χ1) is 7.22. The average molecular weight is 206 g/mol. The molecule has 0 amide bonds. The molecule has 1 fully saturated rings. The summed E-state index contributed by atoms with van der Waals surface area (Å²) in [4.78, 5) is 6.69. The van der Waals surface area contributed by atoms with Crippen molar-refractivity contribution >= 4 is 0 Å². The number of pyridine rings is 1. The van der Waals surface area contributed by atoms with Crippen molar-refractivity contribution in [3.05, 3.63) is 23.4 Å². The summed E-state index contributed by atoms with van der Waals surface area (Å²) in [7, 11) is 3.84. The van der Waals surface area contributed by atoms with Crippen molar-refractivity contribution < 1.29 is 4.74 Å². The average Bonchev–Trinajstić information content (AvgIpc) is 2.64. The molecule has 2 heterocycles. The molecule has 82 valence electrons. The first-order valence-corrected chi connectivity index (χ1v) is 5.43. The predicted molar refractivity (Wildman–Crippen MR) is 60.1 cm³/mol. The van der Waals surface area contributed by atoms with E-state index < -0.39 is 0 Å². The van der Waals surface area contributed by atoms with Gasteiger partial charge in [-0.1, -0.05) is 0 Å². The quantitative estimate of drug-likeness (QED) is 0.741. The lowest BCUT2D eigenvalue weighted by molar-refractivity contribution is 0.315. The number of hydrogen-bond donors (Lipinski definition) is 0. The van der Waals surface area contributed by atoms with Gasteiger partial charge in [0.2, 0.25) is 5.88 Å². The molecule has 1 atom stereocenters. The number of likely N-dealkylation sites (tertiary alicyclic amines) is 1. The molecule has 1 unspecified atom stereocenters. The lowest BCUT2D eigenvalue weighted by atomic mass is 10.0. The van der Waals surface area contributed by atoms with Crippen LogP contribution < -0.4 is 4.74 Å². The normalized spacial score (nSPS) is 21.9. The molecule has 0 saturated carbocycles. The molecule has 2 rings (SSSR count). The molecule has 0 aliphatic carbocycles. The number of aromatic nitrogens is 1. The number of nitrogens with zero attached hydrogens (tertiary/aromatic N) is 2. The van der Waals surface area contributed by atoms with Gasteiger partial charge < -0.3 is 4.74 Å². The highest BCUT2D eigenvalue weighted by molar-refractivity contribution is 5.31. The molecule has 1 aliphatic heterocycles. The maximum absolute atomic E-state index is 5.11. The van der Waals surface area contributed by atoms with Gasteiger partial charge in [-0.05, 0) is 44.5 Å². The zero-order chi connectivity index (χ0) is 10.8. The molecule has 0 aromatic carbocycles. The Bertz CT molecular complexity index is 351. The Morgan fingerprint density at radius 3 is 2.87 bits per heavy atom. The molecular formula is C12H18N2O. The summed E-state index contributed by atoms with van der Waals surface area (Å²) in [5, 5.41) is 0. The second kappa shape index (κ2) is 4.19. The summed E-state index contributed by atoms with van der Waals surface area (Å²) in [6.07, 6.45) is 4.48. The Labute approximate surface area is 91.1 Å². The van der Waals surface area contributed by atoms with Crippen LogP contribution in [-0.2, 0) is 0 Å². The van der Waals surface area contributed by atoms with Crippen LogP contribution in [0, 0.1) is 6.92 Å². The van der Waals surface area contributed by atoms with E-state index in [4.69, 9.17) is 4.74 Å². The third-order valence-electron chi connectivity index (χ3n) is 3.21. The van der Waals surface area contributed by atoms with E-state index in [0.29, 0.717) is 11.9 Å². The predicted octanol–water partition coefficient (Wildman–Crippen LogP) is 2.17. The molecule has 0 bridgehead atoms. The molecule has 1 aromatic rings. The van der Waals surface area contributed by atoms with Gasteiger partial charge in [-0.3, -0.25) is 4.90 Å². The van der Waals surface area contributed by atoms with Crippen molar-refractivity contribution in [3.63, 3.8) is 0 Å². The molecule has 0 radical (unpaired) electrons. The van der Waals surface area contributed by atoms with Gasteiger partial charge in [0.15, 0.2) is 0 Å². The molecule has 3 heteroatoms. The number of rotatable bonds is 2. The second-order valence-corrected chi connectivity index (χ2v) is 4.22. The third kappa shape index (κ3) is 1.97. The Kier molecular flexibility index (Phi) is 2.91. The lowest BCUT2D eigenvalue weighted by Crippen LogP contribution is -2.18. The van der Waals surface area contributed by atoms with E-state index in [0.717, 1.165) is 0 Å². The van der Waals surface area contributed by atoms with E-state index in [1.165, 1.54) is 30.5 Å². The summed E-state index contributed by atoms with van der Waals surface area (Å²) in [6, 6.07) is 2.56. The van der Waals surface area contributed by atoms with Crippen LogP contribution in [0.5, 0.6) is 5.88 Å². The minimum absolute atomic E-state index is 0.545. The topological polar surface area (TPSA) is 25.4 Å². The van der Waals surface area contributed by atoms with Gasteiger partial charge in [-0.25, -0.2) is 4.98 Å². The van der Waals surface area contributed by atoms with Gasteiger partial charge in [0.05, 0.1) is 7.11 Å². The third-order valence-corrected chi connectivity index (χ3v) is 3.21. The van der Waals surface area contributed by atoms with Gasteiger partial charge in [-0.15, -0.1) is 0 Å². The summed E-state index contributed by atoms with van der Waals surface area (Å²) in [6.45, 7) is 3.32. The van der Waals surface area contributed by atoms with Crippen molar-refractivity contribution in [2.24, 2.45) is 0 Å². The largest absolute Gasteiger partial charge is 0.481 e. The van der Waals surface area contributed by atoms with Gasteiger partial charge >= 0.3 is 0 Å². The van der Waals surface area contributed by atoms with Gasteiger partial charge in [0.25, 0.3) is 0 Å². The van der Waals surface area contributed by atoms with Crippen LogP contribution in [0.15, 0.2) is 12.3 Å². The minimum atomic E-state index is 0.545. The van der Waals surface area contributed by atoms with Crippen LogP contribution >= 0.6 is 0 Å². The van der Waals surface area contributed by atoms with Gasteiger partial charge in [-0.2, -0.15) is 0 Å². The van der Waals surface area contributed by atoms with E-state index in [-0.39, 0.29) is 0 Å². The van der Waals surface area contributed by atoms with Crippen LogP contribution in [0.2, 0.25) is 0 Å². The highest BCUT2D eigenvalue weighted by Gasteiger charge is 2.24. The zero-order valence-corrected chi connectivity index (χ0v) is 9.66. The van der Waals surface area contributed by atoms with Gasteiger partial charge in [0, 0.05) is 18.3 Å². The summed E-state index contributed by atoms with van der Waals surface area (Å²) in [5.74, 6) is 0.705. The summed E-state index contributed by atoms with van der Waals surface area (Å²) in [5.41, 5.74) is 2.62. The Balaban J connectivity index is 2.28. The fourth-order valence-electron chi connectivity index (χ4n) is 2.30. The number of ether oxygens (including phenoxy) is 1. The highest BCUT2D eigenvalue weighted by Crippen LogP contribution is 2.32. The van der Waals surface area contributed by atoms with Crippen molar-refractivity contribution in [1.82, 2.24) is 9.88 Å². The van der Waals surface area contributed by atoms with E-state index >= 15 is 0 Å². The van der Waals surface area contributed by atoms with Crippen molar-refractivity contribution in [1.29, 1.82) is 0 Å². The molecular weight excluding hydrogens is 188 g/mol. The first kappa shape index (κ1) is 10.4. The first-order valence-electron chi connectivity index (χ1n) is 5.43. The van der Waals surface area contributed by atoms with Crippen LogP contribution in [0.4, 0.5) is 0 Å². The molecule has 0 spiro atoms. The second-order valence-electron chi connectivity index (χ2n) is 4.22. The molecule has 0 N–H and O–H groups in total. The molecule has 1 aliphatic rings. The summed E-state index contributed by atoms with van der Waals surface area (Å²) < 4.78 is 5.11. The molecule has 1 saturated heterocycles. The van der Waals surface area contributed by atoms with Crippen molar-refractivity contribution in [2.45, 2.75) is 25.8 Å². The van der Waals surface area contributed by atoms with Gasteiger partial charge in [0.1, 0.15) is 0 Å². The van der Waals surface area contributed by atoms with Crippen LogP contribution in [0.1, 0.15) is 30.0 Å². The highest BCUT2D eigenvalue weighted by atomic mass is 16.5. The maximum Gasteiger partial charge on any atom is 0.213 e. The van der Waals surface area contributed by atoms with Crippen LogP contribution in [-0.4, -0.2) is 30.6 Å². The molecule has 3 nitrogen and oxygen atoms in total. The van der Waals surface area contributed by atoms with Crippen molar-refractivity contribution in [2.75, 3.05) is 20.7 Å². The standard InChI is InChI=1S/C12H18N2O/c1-9-7-12(15-3)13-8-10(9)11-5-4-6-14(11)2/h7-8,11H,4-6H2,1-3H3. The Morgan fingerprint density at radius 1 is 1.53 bits per heavy atom. The van der Waals surface area contributed by atoms with E-state index in [2.05, 4.69) is 23.9 Å². The number of hydrogen-bond acceptors (Lipinski definition) is 3. The number of methoxy groups -OCH3 is 1. The SMILES string of the molecule is COc1cc(C)c(C2CCCN2C)cn1. The number of aryl methyl sites for hydroxylation is 1. The molecule has 15 heavy (non-hydrogen) atoms. The zero-order valence-electron chi connectivity index (χ0n) is 9.66. The maximum atomic E-state index is 5.11. The Morgan fingerprint density at radius 2 is 2.33 bits per heavy atom. The Hall–Kier alpha value is -1.09. The van der Waals surface area contributed by atoms with E-state index in [9.17, 15) is 0 Å². The summed E-state index contributed by atoms with van der Waals surface area (Å²) >= 11 is 0. The fourth-order valence-corrected chi connectivity index (χ4v) is 2.30. The fraction of sp³-hybridized carbons (Fsp3) is 0.583. The van der Waals surface area contributed by atoms with E-state index in [1.54, 1.807) is 7.11 Å². The molecule has 1 aromatic heterocycles.